The fourth-order valence-corrected chi connectivity index (χ4v) is 4.29. The van der Waals surface area contributed by atoms with Crippen LogP contribution in [0.5, 0.6) is 5.75 Å². The van der Waals surface area contributed by atoms with Crippen molar-refractivity contribution in [2.24, 2.45) is 0 Å². The molecule has 2 aromatic heterocycles. The molecule has 1 atom stereocenters. The molecular weight excluding hydrogens is 360 g/mol. The van der Waals surface area contributed by atoms with Gasteiger partial charge in [0.1, 0.15) is 5.75 Å². The van der Waals surface area contributed by atoms with Crippen molar-refractivity contribution >= 4 is 17.2 Å². The number of rotatable bonds is 5. The minimum atomic E-state index is 0.0148. The summed E-state index contributed by atoms with van der Waals surface area (Å²) < 4.78 is 5.34. The van der Waals surface area contributed by atoms with Gasteiger partial charge in [-0.15, -0.1) is 11.3 Å². The summed E-state index contributed by atoms with van der Waals surface area (Å²) in [4.78, 5) is 19.3. The summed E-state index contributed by atoms with van der Waals surface area (Å²) in [6.45, 7) is 2.73. The number of carbonyl (C=O) groups excluding carboxylic acids is 1. The molecule has 0 spiro atoms. The van der Waals surface area contributed by atoms with Gasteiger partial charge in [0.25, 0.3) is 0 Å². The second kappa shape index (κ2) is 7.52. The highest BCUT2D eigenvalue weighted by molar-refractivity contribution is 7.09. The SMILES string of the molecule is COc1cccc(-c2cn[nH]c2[C@@H]2CCCN2C(=O)Cc2csc(C)n2)c1. The first kappa shape index (κ1) is 17.7. The van der Waals surface area contributed by atoms with Gasteiger partial charge >= 0.3 is 0 Å². The number of amides is 1. The molecule has 0 bridgehead atoms. The van der Waals surface area contributed by atoms with E-state index in [2.05, 4.69) is 15.2 Å². The Morgan fingerprint density at radius 1 is 1.44 bits per heavy atom. The van der Waals surface area contributed by atoms with Crippen molar-refractivity contribution in [2.75, 3.05) is 13.7 Å². The maximum absolute atomic E-state index is 12.9. The average Bonchev–Trinajstić information content (AvgIpc) is 3.41. The van der Waals surface area contributed by atoms with E-state index in [1.54, 1.807) is 18.4 Å². The monoisotopic (exact) mass is 382 g/mol. The number of hydrogen-bond donors (Lipinski definition) is 1. The van der Waals surface area contributed by atoms with Gasteiger partial charge in [-0.3, -0.25) is 9.89 Å². The number of ether oxygens (including phenoxy) is 1. The van der Waals surface area contributed by atoms with Crippen LogP contribution < -0.4 is 4.74 Å². The number of benzene rings is 1. The number of H-pyrrole nitrogens is 1. The number of nitrogens with zero attached hydrogens (tertiary/aromatic N) is 3. The highest BCUT2D eigenvalue weighted by Gasteiger charge is 2.33. The first-order valence-corrected chi connectivity index (χ1v) is 9.92. The molecule has 1 fully saturated rings. The number of nitrogens with one attached hydrogen (secondary N) is 1. The molecule has 3 aromatic rings. The molecule has 3 heterocycles. The van der Waals surface area contributed by atoms with Gasteiger partial charge in [0.15, 0.2) is 0 Å². The zero-order valence-electron chi connectivity index (χ0n) is 15.4. The largest absolute Gasteiger partial charge is 0.497 e. The Hall–Kier alpha value is -2.67. The van der Waals surface area contributed by atoms with Crippen LogP contribution in [0, 0.1) is 6.92 Å². The molecule has 1 amide bonds. The molecular formula is C20H22N4O2S. The van der Waals surface area contributed by atoms with E-state index in [-0.39, 0.29) is 11.9 Å². The average molecular weight is 382 g/mol. The number of aromatic amines is 1. The summed E-state index contributed by atoms with van der Waals surface area (Å²) in [5.74, 6) is 0.923. The van der Waals surface area contributed by atoms with Crippen LogP contribution in [-0.4, -0.2) is 39.6 Å². The zero-order chi connectivity index (χ0) is 18.8. The van der Waals surface area contributed by atoms with Crippen LogP contribution in [0.1, 0.15) is 35.3 Å². The molecule has 6 nitrogen and oxygen atoms in total. The first-order chi connectivity index (χ1) is 13.2. The number of hydrogen-bond acceptors (Lipinski definition) is 5. The van der Waals surface area contributed by atoms with Crippen molar-refractivity contribution in [1.29, 1.82) is 0 Å². The molecule has 1 N–H and O–H groups in total. The number of aromatic nitrogens is 3. The Morgan fingerprint density at radius 2 is 2.33 bits per heavy atom. The number of carbonyl (C=O) groups is 1. The van der Waals surface area contributed by atoms with Gasteiger partial charge in [-0.2, -0.15) is 5.10 Å². The highest BCUT2D eigenvalue weighted by Crippen LogP contribution is 2.37. The number of thiazole rings is 1. The molecule has 0 radical (unpaired) electrons. The quantitative estimate of drug-likeness (QED) is 0.729. The zero-order valence-corrected chi connectivity index (χ0v) is 16.3. The fourth-order valence-electron chi connectivity index (χ4n) is 3.68. The van der Waals surface area contributed by atoms with E-state index in [1.807, 2.05) is 47.7 Å². The Labute approximate surface area is 162 Å². The lowest BCUT2D eigenvalue weighted by atomic mass is 10.0. The molecule has 0 aliphatic carbocycles. The lowest BCUT2D eigenvalue weighted by Gasteiger charge is -2.24. The molecule has 140 valence electrons. The van der Waals surface area contributed by atoms with E-state index >= 15 is 0 Å². The van der Waals surface area contributed by atoms with E-state index in [0.29, 0.717) is 6.42 Å². The predicted octanol–water partition coefficient (Wildman–Crippen LogP) is 3.76. The number of methoxy groups -OCH3 is 1. The predicted molar refractivity (Wildman–Crippen MR) is 105 cm³/mol. The lowest BCUT2D eigenvalue weighted by Crippen LogP contribution is -2.32. The molecule has 1 saturated heterocycles. The van der Waals surface area contributed by atoms with E-state index < -0.39 is 0 Å². The van der Waals surface area contributed by atoms with E-state index in [1.165, 1.54) is 0 Å². The second-order valence-corrected chi connectivity index (χ2v) is 7.77. The third-order valence-electron chi connectivity index (χ3n) is 4.95. The van der Waals surface area contributed by atoms with E-state index in [9.17, 15) is 4.79 Å². The van der Waals surface area contributed by atoms with Gasteiger partial charge in [0.2, 0.25) is 5.91 Å². The summed E-state index contributed by atoms with van der Waals surface area (Å²) in [6.07, 6.45) is 4.10. The van der Waals surface area contributed by atoms with Gasteiger partial charge in [0.05, 0.1) is 42.2 Å². The van der Waals surface area contributed by atoms with Crippen molar-refractivity contribution in [3.05, 3.63) is 52.2 Å². The van der Waals surface area contributed by atoms with Gasteiger partial charge in [-0.1, -0.05) is 12.1 Å². The molecule has 4 rings (SSSR count). The number of aryl methyl sites for hydroxylation is 1. The van der Waals surface area contributed by atoms with Crippen molar-refractivity contribution < 1.29 is 9.53 Å². The smallest absolute Gasteiger partial charge is 0.229 e. The van der Waals surface area contributed by atoms with Crippen LogP contribution in [0.3, 0.4) is 0 Å². The van der Waals surface area contributed by atoms with Crippen LogP contribution in [0.25, 0.3) is 11.1 Å². The summed E-state index contributed by atoms with van der Waals surface area (Å²) >= 11 is 1.58. The first-order valence-electron chi connectivity index (χ1n) is 9.04. The van der Waals surface area contributed by atoms with Crippen molar-refractivity contribution in [1.82, 2.24) is 20.1 Å². The molecule has 1 aromatic carbocycles. The van der Waals surface area contributed by atoms with Crippen LogP contribution in [-0.2, 0) is 11.2 Å². The maximum atomic E-state index is 12.9. The van der Waals surface area contributed by atoms with Crippen molar-refractivity contribution in [3.63, 3.8) is 0 Å². The third-order valence-corrected chi connectivity index (χ3v) is 5.78. The van der Waals surface area contributed by atoms with Crippen LogP contribution >= 0.6 is 11.3 Å². The van der Waals surface area contributed by atoms with Gasteiger partial charge < -0.3 is 9.64 Å². The Kier molecular flexibility index (Phi) is 4.94. The Morgan fingerprint density at radius 3 is 3.11 bits per heavy atom. The summed E-state index contributed by atoms with van der Waals surface area (Å²) in [7, 11) is 1.66. The topological polar surface area (TPSA) is 71.1 Å². The van der Waals surface area contributed by atoms with E-state index in [0.717, 1.165) is 52.7 Å². The van der Waals surface area contributed by atoms with Crippen LogP contribution in [0.2, 0.25) is 0 Å². The Bertz CT molecular complexity index is 949. The Balaban J connectivity index is 1.59. The van der Waals surface area contributed by atoms with Gasteiger partial charge in [0, 0.05) is 17.5 Å². The standard InChI is InChI=1S/C20H22N4O2S/c1-13-22-15(12-27-13)10-19(25)24-8-4-7-18(24)20-17(11-21-23-20)14-5-3-6-16(9-14)26-2/h3,5-6,9,11-12,18H,4,7-8,10H2,1-2H3,(H,21,23)/t18-/m0/s1. The second-order valence-electron chi connectivity index (χ2n) is 6.71. The molecule has 1 aliphatic heterocycles. The molecule has 0 unspecified atom stereocenters. The fraction of sp³-hybridized carbons (Fsp3) is 0.350. The molecule has 27 heavy (non-hydrogen) atoms. The van der Waals surface area contributed by atoms with Crippen LogP contribution in [0.4, 0.5) is 0 Å². The summed E-state index contributed by atoms with van der Waals surface area (Å²) in [5, 5.41) is 10.4. The van der Waals surface area contributed by atoms with E-state index in [4.69, 9.17) is 4.74 Å². The molecule has 0 saturated carbocycles. The summed E-state index contributed by atoms with van der Waals surface area (Å²) in [5.41, 5.74) is 3.89. The van der Waals surface area contributed by atoms with Crippen molar-refractivity contribution in [2.45, 2.75) is 32.2 Å². The summed E-state index contributed by atoms with van der Waals surface area (Å²) in [6, 6.07) is 7.93. The minimum Gasteiger partial charge on any atom is -0.497 e. The molecule has 7 heteroatoms. The third kappa shape index (κ3) is 3.60. The lowest BCUT2D eigenvalue weighted by molar-refractivity contribution is -0.131. The van der Waals surface area contributed by atoms with Gasteiger partial charge in [-0.05, 0) is 37.5 Å². The van der Waals surface area contributed by atoms with Crippen LogP contribution in [0.15, 0.2) is 35.8 Å². The van der Waals surface area contributed by atoms with Gasteiger partial charge in [-0.25, -0.2) is 4.98 Å². The molecule has 1 aliphatic rings. The minimum absolute atomic E-state index is 0.0148. The highest BCUT2D eigenvalue weighted by atomic mass is 32.1. The number of likely N-dealkylation sites (tertiary alicyclic amines) is 1. The maximum Gasteiger partial charge on any atom is 0.229 e. The normalized spacial score (nSPS) is 16.7. The van der Waals surface area contributed by atoms with Crippen molar-refractivity contribution in [3.8, 4) is 16.9 Å².